The van der Waals surface area contributed by atoms with Gasteiger partial charge in [0.25, 0.3) is 0 Å². The molecular weight excluding hydrogens is 491 g/mol. The summed E-state index contributed by atoms with van der Waals surface area (Å²) in [7, 11) is 3.61. The van der Waals surface area contributed by atoms with E-state index in [9.17, 15) is 9.90 Å². The highest BCUT2D eigenvalue weighted by Crippen LogP contribution is 2.36. The molecule has 1 aromatic carbocycles. The van der Waals surface area contributed by atoms with Gasteiger partial charge in [0.15, 0.2) is 5.16 Å². The number of methoxy groups -OCH3 is 1. The van der Waals surface area contributed by atoms with Gasteiger partial charge in [-0.3, -0.25) is 9.78 Å². The number of thioether (sulfide) groups is 1. The van der Waals surface area contributed by atoms with Crippen molar-refractivity contribution in [2.24, 2.45) is 18.9 Å². The highest BCUT2D eigenvalue weighted by molar-refractivity contribution is 7.99. The number of nitrogens with zero attached hydrogens (tertiary/aromatic N) is 4. The molecule has 0 amide bonds. The van der Waals surface area contributed by atoms with Gasteiger partial charge in [0.1, 0.15) is 11.9 Å². The fourth-order valence-corrected chi connectivity index (χ4v) is 6.24. The van der Waals surface area contributed by atoms with Crippen molar-refractivity contribution in [2.45, 2.75) is 49.9 Å². The number of piperidine rings is 1. The molecule has 0 unspecified atom stereocenters. The molecule has 3 atom stereocenters. The molecule has 1 N–H and O–H groups in total. The molecule has 200 valence electrons. The Bertz CT molecular complexity index is 1170. The van der Waals surface area contributed by atoms with Crippen LogP contribution in [0.4, 0.5) is 4.39 Å². The Hall–Kier alpha value is -2.65. The third kappa shape index (κ3) is 7.45. The van der Waals surface area contributed by atoms with Gasteiger partial charge in [0.2, 0.25) is 0 Å². The van der Waals surface area contributed by atoms with E-state index in [2.05, 4.69) is 14.9 Å². The first-order chi connectivity index (χ1) is 17.9. The van der Waals surface area contributed by atoms with Crippen LogP contribution in [0.15, 0.2) is 48.0 Å². The number of pyridine rings is 1. The van der Waals surface area contributed by atoms with E-state index >= 15 is 4.39 Å². The van der Waals surface area contributed by atoms with Crippen molar-refractivity contribution in [2.75, 3.05) is 32.5 Å². The van der Waals surface area contributed by atoms with Gasteiger partial charge in [-0.1, -0.05) is 11.8 Å². The van der Waals surface area contributed by atoms with Crippen LogP contribution in [0.1, 0.15) is 50.3 Å². The normalized spacial score (nSPS) is 19.2. The molecule has 1 aliphatic heterocycles. The van der Waals surface area contributed by atoms with Crippen LogP contribution in [0.25, 0.3) is 10.9 Å². The lowest BCUT2D eigenvalue weighted by atomic mass is 9.79. The van der Waals surface area contributed by atoms with E-state index < -0.39 is 12.1 Å². The summed E-state index contributed by atoms with van der Waals surface area (Å²) in [5.74, 6) is 1.53. The molecule has 0 spiro atoms. The smallest absolute Gasteiger partial charge is 0.303 e. The molecule has 0 aliphatic carbocycles. The van der Waals surface area contributed by atoms with Gasteiger partial charge in [-0.2, -0.15) is 0 Å². The molecule has 7 nitrogen and oxygen atoms in total. The molecule has 0 radical (unpaired) electrons. The van der Waals surface area contributed by atoms with Crippen LogP contribution >= 0.6 is 11.8 Å². The Morgan fingerprint density at radius 1 is 1.24 bits per heavy atom. The lowest BCUT2D eigenvalue weighted by Crippen LogP contribution is -2.41. The molecule has 0 bridgehead atoms. The van der Waals surface area contributed by atoms with Crippen molar-refractivity contribution in [3.05, 3.63) is 48.4 Å². The van der Waals surface area contributed by atoms with Crippen LogP contribution in [-0.4, -0.2) is 63.0 Å². The summed E-state index contributed by atoms with van der Waals surface area (Å²) in [4.78, 5) is 22.5. The van der Waals surface area contributed by atoms with E-state index in [-0.39, 0.29) is 12.3 Å². The average molecular weight is 529 g/mol. The Kier molecular flexibility index (Phi) is 9.80. The number of carbonyl (C=O) groups is 1. The summed E-state index contributed by atoms with van der Waals surface area (Å²) in [5.41, 5.74) is 1.41. The van der Waals surface area contributed by atoms with Crippen molar-refractivity contribution in [3.8, 4) is 5.75 Å². The number of halogens is 1. The van der Waals surface area contributed by atoms with Gasteiger partial charge in [-0.05, 0) is 86.9 Å². The standard InChI is InChI=1S/C28H37FN4O3S/c1-32-16-13-31-28(32)37-17-3-14-33-15-11-20(21(19-33)5-9-27(34)35)4-7-25(29)23-10-12-30-26-8-6-22(36-2)18-24(23)26/h6,8,10,12-13,16,18,20-21,25H,3-5,7,9,11,14-15,17,19H2,1-2H3,(H,34,35)/t20-,21-,25-/m1/s1. The minimum atomic E-state index is -1.10. The number of aryl methyl sites for hydroxylation is 1. The zero-order valence-corrected chi connectivity index (χ0v) is 22.5. The van der Waals surface area contributed by atoms with E-state index in [0.29, 0.717) is 30.1 Å². The predicted molar refractivity (Wildman–Crippen MR) is 145 cm³/mol. The largest absolute Gasteiger partial charge is 0.497 e. The van der Waals surface area contributed by atoms with Gasteiger partial charge < -0.3 is 19.3 Å². The number of likely N-dealkylation sites (tertiary alicyclic amines) is 1. The van der Waals surface area contributed by atoms with Gasteiger partial charge in [-0.15, -0.1) is 0 Å². The number of hydrogen-bond acceptors (Lipinski definition) is 6. The van der Waals surface area contributed by atoms with Crippen molar-refractivity contribution >= 4 is 28.6 Å². The summed E-state index contributed by atoms with van der Waals surface area (Å²) in [5, 5.41) is 11.1. The number of aromatic nitrogens is 3. The number of carboxylic acids is 1. The van der Waals surface area contributed by atoms with Crippen LogP contribution in [-0.2, 0) is 11.8 Å². The molecule has 3 aromatic rings. The summed E-state index contributed by atoms with van der Waals surface area (Å²) in [6.45, 7) is 2.86. The van der Waals surface area contributed by atoms with Gasteiger partial charge in [0.05, 0.1) is 12.6 Å². The molecule has 0 saturated carbocycles. The second-order valence-corrected chi connectivity index (χ2v) is 11.0. The summed E-state index contributed by atoms with van der Waals surface area (Å²) < 4.78 is 22.9. The highest BCUT2D eigenvalue weighted by atomic mass is 32.2. The predicted octanol–water partition coefficient (Wildman–Crippen LogP) is 5.75. The number of carboxylic acid groups (broad SMARTS) is 1. The molecule has 37 heavy (non-hydrogen) atoms. The quantitative estimate of drug-likeness (QED) is 0.223. The summed E-state index contributed by atoms with van der Waals surface area (Å²) >= 11 is 1.76. The maximum atomic E-state index is 15.5. The minimum absolute atomic E-state index is 0.165. The number of ether oxygens (including phenoxy) is 1. The van der Waals surface area contributed by atoms with E-state index in [0.717, 1.165) is 60.7 Å². The monoisotopic (exact) mass is 528 g/mol. The third-order valence-electron chi connectivity index (χ3n) is 7.44. The van der Waals surface area contributed by atoms with Crippen LogP contribution < -0.4 is 4.74 Å². The number of alkyl halides is 1. The molecular formula is C28H37FN4O3S. The molecule has 1 fully saturated rings. The number of fused-ring (bicyclic) bond motifs is 1. The SMILES string of the molecule is COc1ccc2nccc([C@H](F)CC[C@@H]3CCN(CCCSc4nccn4C)C[C@H]3CCC(=O)O)c2c1. The second kappa shape index (κ2) is 13.2. The summed E-state index contributed by atoms with van der Waals surface area (Å²) in [6, 6.07) is 7.31. The number of aliphatic carboxylic acids is 1. The Balaban J connectivity index is 1.32. The van der Waals surface area contributed by atoms with Crippen LogP contribution in [0, 0.1) is 11.8 Å². The number of imidazole rings is 1. The second-order valence-electron chi connectivity index (χ2n) is 9.89. The van der Waals surface area contributed by atoms with E-state index in [4.69, 9.17) is 4.74 Å². The first-order valence-corrected chi connectivity index (χ1v) is 14.0. The molecule has 3 heterocycles. The van der Waals surface area contributed by atoms with Crippen molar-refractivity contribution < 1.29 is 19.0 Å². The zero-order valence-electron chi connectivity index (χ0n) is 21.7. The molecule has 2 aromatic heterocycles. The maximum Gasteiger partial charge on any atom is 0.303 e. The van der Waals surface area contributed by atoms with E-state index in [1.165, 1.54) is 0 Å². The zero-order chi connectivity index (χ0) is 26.2. The van der Waals surface area contributed by atoms with Crippen LogP contribution in [0.5, 0.6) is 5.75 Å². The first-order valence-electron chi connectivity index (χ1n) is 13.1. The van der Waals surface area contributed by atoms with E-state index in [1.807, 2.05) is 42.2 Å². The number of rotatable bonds is 13. The van der Waals surface area contributed by atoms with Crippen molar-refractivity contribution in [1.29, 1.82) is 0 Å². The number of benzene rings is 1. The topological polar surface area (TPSA) is 80.5 Å². The third-order valence-corrected chi connectivity index (χ3v) is 8.59. The van der Waals surface area contributed by atoms with E-state index in [1.54, 1.807) is 31.1 Å². The molecule has 1 saturated heterocycles. The van der Waals surface area contributed by atoms with Crippen LogP contribution in [0.2, 0.25) is 0 Å². The van der Waals surface area contributed by atoms with Gasteiger partial charge >= 0.3 is 5.97 Å². The Morgan fingerprint density at radius 2 is 2.11 bits per heavy atom. The fourth-order valence-electron chi connectivity index (χ4n) is 5.38. The lowest BCUT2D eigenvalue weighted by molar-refractivity contribution is -0.137. The molecule has 4 rings (SSSR count). The van der Waals surface area contributed by atoms with Gasteiger partial charge in [-0.25, -0.2) is 9.37 Å². The first kappa shape index (κ1) is 27.4. The fraction of sp³-hybridized carbons (Fsp3) is 0.536. The molecule has 9 heteroatoms. The Morgan fingerprint density at radius 3 is 2.86 bits per heavy atom. The average Bonchev–Trinajstić information content (AvgIpc) is 3.32. The molecule has 1 aliphatic rings. The highest BCUT2D eigenvalue weighted by Gasteiger charge is 2.30. The summed E-state index contributed by atoms with van der Waals surface area (Å²) in [6.07, 6.45) is 8.35. The number of hydrogen-bond donors (Lipinski definition) is 1. The Labute approximate surface area is 222 Å². The van der Waals surface area contributed by atoms with Crippen molar-refractivity contribution in [3.63, 3.8) is 0 Å². The van der Waals surface area contributed by atoms with Crippen LogP contribution in [0.3, 0.4) is 0 Å². The maximum absolute atomic E-state index is 15.5. The lowest BCUT2D eigenvalue weighted by Gasteiger charge is -2.39. The van der Waals surface area contributed by atoms with Crippen molar-refractivity contribution in [1.82, 2.24) is 19.4 Å². The van der Waals surface area contributed by atoms with Gasteiger partial charge in [0, 0.05) is 49.7 Å². The minimum Gasteiger partial charge on any atom is -0.497 e.